The zero-order valence-electron chi connectivity index (χ0n) is 10.2. The van der Waals surface area contributed by atoms with Gasteiger partial charge >= 0.3 is 5.63 Å². The number of hydrogen-bond acceptors (Lipinski definition) is 3. The normalized spacial score (nSPS) is 17.1. The Balaban J connectivity index is 2.10. The van der Waals surface area contributed by atoms with Crippen LogP contribution in [0.15, 0.2) is 33.5 Å². The summed E-state index contributed by atoms with van der Waals surface area (Å²) >= 11 is 0. The predicted molar refractivity (Wildman–Crippen MR) is 70.0 cm³/mol. The van der Waals surface area contributed by atoms with E-state index in [1.54, 1.807) is 12.1 Å². The van der Waals surface area contributed by atoms with Crippen molar-refractivity contribution in [3.05, 3.63) is 40.2 Å². The summed E-state index contributed by atoms with van der Waals surface area (Å²) in [4.78, 5) is 12.0. The molecule has 1 aromatic carbocycles. The molecule has 1 aliphatic carbocycles. The molecule has 0 saturated heterocycles. The zero-order chi connectivity index (χ0) is 12.5. The SMILES string of the molecule is O=c1oc2ccc(O)cc2cc1C1CCCCC1. The lowest BCUT2D eigenvalue weighted by Gasteiger charge is -2.20. The summed E-state index contributed by atoms with van der Waals surface area (Å²) in [7, 11) is 0. The number of hydrogen-bond donors (Lipinski definition) is 1. The Kier molecular flexibility index (Phi) is 2.82. The Morgan fingerprint density at radius 3 is 2.67 bits per heavy atom. The summed E-state index contributed by atoms with van der Waals surface area (Å²) in [5.41, 5.74) is 1.09. The fourth-order valence-corrected chi connectivity index (χ4v) is 2.82. The van der Waals surface area contributed by atoms with Crippen LogP contribution in [0, 0.1) is 0 Å². The van der Waals surface area contributed by atoms with Crippen LogP contribution in [-0.4, -0.2) is 5.11 Å². The van der Waals surface area contributed by atoms with Gasteiger partial charge in [0.05, 0.1) is 0 Å². The molecule has 0 atom stereocenters. The Morgan fingerprint density at radius 1 is 1.11 bits per heavy atom. The van der Waals surface area contributed by atoms with Crippen molar-refractivity contribution < 1.29 is 9.52 Å². The van der Waals surface area contributed by atoms with Gasteiger partial charge in [-0.15, -0.1) is 0 Å². The van der Waals surface area contributed by atoms with Crippen LogP contribution >= 0.6 is 0 Å². The molecule has 1 fully saturated rings. The highest BCUT2D eigenvalue weighted by molar-refractivity contribution is 5.78. The van der Waals surface area contributed by atoms with E-state index in [2.05, 4.69) is 0 Å². The molecular formula is C15H16O3. The summed E-state index contributed by atoms with van der Waals surface area (Å²) in [6.07, 6.45) is 5.75. The van der Waals surface area contributed by atoms with E-state index < -0.39 is 0 Å². The second-order valence-corrected chi connectivity index (χ2v) is 5.05. The van der Waals surface area contributed by atoms with Gasteiger partial charge in [-0.25, -0.2) is 4.79 Å². The molecule has 2 aromatic rings. The molecule has 3 nitrogen and oxygen atoms in total. The molecular weight excluding hydrogens is 228 g/mol. The predicted octanol–water partition coefficient (Wildman–Crippen LogP) is 3.55. The number of aromatic hydroxyl groups is 1. The van der Waals surface area contributed by atoms with E-state index in [1.165, 1.54) is 25.3 Å². The third-order valence-electron chi connectivity index (χ3n) is 3.79. The largest absolute Gasteiger partial charge is 0.508 e. The van der Waals surface area contributed by atoms with Crippen molar-refractivity contribution >= 4 is 11.0 Å². The van der Waals surface area contributed by atoms with Crippen LogP contribution in [0.3, 0.4) is 0 Å². The molecule has 3 rings (SSSR count). The van der Waals surface area contributed by atoms with E-state index in [1.807, 2.05) is 6.07 Å². The molecule has 18 heavy (non-hydrogen) atoms. The van der Waals surface area contributed by atoms with Crippen LogP contribution in [0.4, 0.5) is 0 Å². The van der Waals surface area contributed by atoms with Crippen molar-refractivity contribution in [2.75, 3.05) is 0 Å². The fraction of sp³-hybridized carbons (Fsp3) is 0.400. The Hall–Kier alpha value is -1.77. The number of phenolic OH excluding ortho intramolecular Hbond substituents is 1. The molecule has 0 unspecified atom stereocenters. The lowest BCUT2D eigenvalue weighted by atomic mass is 9.84. The second-order valence-electron chi connectivity index (χ2n) is 5.05. The minimum atomic E-state index is -0.222. The smallest absolute Gasteiger partial charge is 0.339 e. The third kappa shape index (κ3) is 2.01. The number of phenols is 1. The van der Waals surface area contributed by atoms with E-state index in [0.29, 0.717) is 11.5 Å². The van der Waals surface area contributed by atoms with Crippen molar-refractivity contribution in [3.8, 4) is 5.75 Å². The van der Waals surface area contributed by atoms with Gasteiger partial charge in [-0.2, -0.15) is 0 Å². The van der Waals surface area contributed by atoms with E-state index in [4.69, 9.17) is 4.42 Å². The molecule has 0 aliphatic heterocycles. The van der Waals surface area contributed by atoms with E-state index >= 15 is 0 Å². The molecule has 0 bridgehead atoms. The average Bonchev–Trinajstić information content (AvgIpc) is 2.39. The molecule has 1 N–H and O–H groups in total. The highest BCUT2D eigenvalue weighted by Crippen LogP contribution is 2.32. The van der Waals surface area contributed by atoms with Crippen molar-refractivity contribution in [1.82, 2.24) is 0 Å². The standard InChI is InChI=1S/C15H16O3/c16-12-6-7-14-11(8-12)9-13(15(17)18-14)10-4-2-1-3-5-10/h6-10,16H,1-5H2. The van der Waals surface area contributed by atoms with Crippen LogP contribution in [0.5, 0.6) is 5.75 Å². The van der Waals surface area contributed by atoms with E-state index in [0.717, 1.165) is 23.8 Å². The van der Waals surface area contributed by atoms with Crippen molar-refractivity contribution in [2.24, 2.45) is 0 Å². The summed E-state index contributed by atoms with van der Waals surface area (Å²) in [5.74, 6) is 0.521. The van der Waals surface area contributed by atoms with Gasteiger partial charge in [0.25, 0.3) is 0 Å². The van der Waals surface area contributed by atoms with Gasteiger partial charge in [-0.3, -0.25) is 0 Å². The lowest BCUT2D eigenvalue weighted by Crippen LogP contribution is -2.14. The minimum Gasteiger partial charge on any atom is -0.508 e. The highest BCUT2D eigenvalue weighted by atomic mass is 16.4. The first-order valence-electron chi connectivity index (χ1n) is 6.51. The molecule has 94 valence electrons. The summed E-state index contributed by atoms with van der Waals surface area (Å²) in [6.45, 7) is 0. The van der Waals surface area contributed by atoms with Gasteiger partial charge in [-0.05, 0) is 43.0 Å². The molecule has 1 aromatic heterocycles. The maximum Gasteiger partial charge on any atom is 0.339 e. The van der Waals surface area contributed by atoms with Gasteiger partial charge in [-0.1, -0.05) is 19.3 Å². The van der Waals surface area contributed by atoms with Crippen LogP contribution < -0.4 is 5.63 Å². The van der Waals surface area contributed by atoms with Crippen molar-refractivity contribution in [1.29, 1.82) is 0 Å². The molecule has 0 radical (unpaired) electrons. The first-order valence-corrected chi connectivity index (χ1v) is 6.51. The molecule has 1 saturated carbocycles. The van der Waals surface area contributed by atoms with E-state index in [9.17, 15) is 9.90 Å². The molecule has 1 heterocycles. The second kappa shape index (κ2) is 4.48. The first-order chi connectivity index (χ1) is 8.74. The number of fused-ring (bicyclic) bond motifs is 1. The van der Waals surface area contributed by atoms with Crippen molar-refractivity contribution in [3.63, 3.8) is 0 Å². The Bertz CT molecular complexity index is 621. The zero-order valence-corrected chi connectivity index (χ0v) is 10.2. The molecule has 0 spiro atoms. The fourth-order valence-electron chi connectivity index (χ4n) is 2.82. The van der Waals surface area contributed by atoms with Crippen LogP contribution in [0.2, 0.25) is 0 Å². The van der Waals surface area contributed by atoms with Gasteiger partial charge in [0.2, 0.25) is 0 Å². The highest BCUT2D eigenvalue weighted by Gasteiger charge is 2.19. The van der Waals surface area contributed by atoms with Gasteiger partial charge in [0, 0.05) is 10.9 Å². The topological polar surface area (TPSA) is 50.4 Å². The maximum absolute atomic E-state index is 12.0. The van der Waals surface area contributed by atoms with Crippen LogP contribution in [0.1, 0.15) is 43.6 Å². The Morgan fingerprint density at radius 2 is 1.89 bits per heavy atom. The molecule has 3 heteroatoms. The monoisotopic (exact) mass is 244 g/mol. The van der Waals surface area contributed by atoms with Crippen LogP contribution in [-0.2, 0) is 0 Å². The quantitative estimate of drug-likeness (QED) is 0.780. The lowest BCUT2D eigenvalue weighted by molar-refractivity contribution is 0.427. The summed E-state index contributed by atoms with van der Waals surface area (Å²) in [5, 5.41) is 10.3. The number of rotatable bonds is 1. The van der Waals surface area contributed by atoms with Gasteiger partial charge in [0.15, 0.2) is 0 Å². The maximum atomic E-state index is 12.0. The average molecular weight is 244 g/mol. The summed E-state index contributed by atoms with van der Waals surface area (Å²) in [6, 6.07) is 6.70. The minimum absolute atomic E-state index is 0.200. The molecule has 0 amide bonds. The number of benzene rings is 1. The third-order valence-corrected chi connectivity index (χ3v) is 3.79. The summed E-state index contributed by atoms with van der Waals surface area (Å²) < 4.78 is 5.33. The van der Waals surface area contributed by atoms with Gasteiger partial charge < -0.3 is 9.52 Å². The van der Waals surface area contributed by atoms with Crippen LogP contribution in [0.25, 0.3) is 11.0 Å². The molecule has 1 aliphatic rings. The van der Waals surface area contributed by atoms with E-state index in [-0.39, 0.29) is 11.4 Å². The van der Waals surface area contributed by atoms with Crippen molar-refractivity contribution in [2.45, 2.75) is 38.0 Å². The Labute approximate surface area is 105 Å². The first kappa shape index (κ1) is 11.3. The van der Waals surface area contributed by atoms with Gasteiger partial charge in [0.1, 0.15) is 11.3 Å².